The number of para-hydroxylation sites is 1. The molecular formula is C20H22N2O3S. The van der Waals surface area contributed by atoms with Crippen LogP contribution in [0.4, 0.5) is 0 Å². The number of ether oxygens (including phenoxy) is 2. The number of fused-ring (bicyclic) bond motifs is 1. The van der Waals surface area contributed by atoms with Gasteiger partial charge in [0.05, 0.1) is 31.0 Å². The second-order valence-corrected chi connectivity index (χ2v) is 7.12. The smallest absolute Gasteiger partial charge is 0.223 e. The van der Waals surface area contributed by atoms with Gasteiger partial charge in [0.15, 0.2) is 0 Å². The van der Waals surface area contributed by atoms with Gasteiger partial charge in [-0.1, -0.05) is 12.1 Å². The first-order chi connectivity index (χ1) is 12.6. The van der Waals surface area contributed by atoms with Crippen molar-refractivity contribution in [2.75, 3.05) is 21.3 Å². The van der Waals surface area contributed by atoms with Crippen LogP contribution in [0.25, 0.3) is 10.2 Å². The van der Waals surface area contributed by atoms with Crippen molar-refractivity contribution in [3.8, 4) is 11.5 Å². The van der Waals surface area contributed by atoms with E-state index in [2.05, 4.69) is 4.98 Å². The van der Waals surface area contributed by atoms with Gasteiger partial charge in [0.25, 0.3) is 0 Å². The van der Waals surface area contributed by atoms with E-state index in [4.69, 9.17) is 9.47 Å². The molecule has 0 spiro atoms. The first-order valence-electron chi connectivity index (χ1n) is 8.40. The fourth-order valence-corrected chi connectivity index (χ4v) is 3.81. The number of carbonyl (C=O) groups is 1. The zero-order valence-corrected chi connectivity index (χ0v) is 16.0. The van der Waals surface area contributed by atoms with Crippen molar-refractivity contribution < 1.29 is 14.3 Å². The number of nitrogens with zero attached hydrogens (tertiary/aromatic N) is 2. The summed E-state index contributed by atoms with van der Waals surface area (Å²) in [5, 5.41) is 0.945. The molecule has 2 aromatic carbocycles. The molecule has 0 bridgehead atoms. The average Bonchev–Trinajstić information content (AvgIpc) is 3.07. The van der Waals surface area contributed by atoms with Crippen LogP contribution in [0, 0.1) is 0 Å². The highest BCUT2D eigenvalue weighted by molar-refractivity contribution is 7.18. The Morgan fingerprint density at radius 1 is 1.15 bits per heavy atom. The maximum Gasteiger partial charge on any atom is 0.223 e. The molecule has 3 aromatic rings. The van der Waals surface area contributed by atoms with E-state index in [-0.39, 0.29) is 5.91 Å². The summed E-state index contributed by atoms with van der Waals surface area (Å²) in [6.45, 7) is 0.521. The highest BCUT2D eigenvalue weighted by Crippen LogP contribution is 2.26. The van der Waals surface area contributed by atoms with Crippen LogP contribution in [-0.2, 0) is 17.8 Å². The summed E-state index contributed by atoms with van der Waals surface area (Å²) in [5.74, 6) is 1.61. The number of aryl methyl sites for hydroxylation is 1. The van der Waals surface area contributed by atoms with E-state index in [0.717, 1.165) is 32.3 Å². The molecule has 0 unspecified atom stereocenters. The molecule has 0 saturated carbocycles. The van der Waals surface area contributed by atoms with Gasteiger partial charge >= 0.3 is 0 Å². The molecule has 0 aliphatic heterocycles. The van der Waals surface area contributed by atoms with Crippen LogP contribution in [0.1, 0.15) is 17.0 Å². The Balaban J connectivity index is 1.62. The first-order valence-corrected chi connectivity index (χ1v) is 9.21. The zero-order chi connectivity index (χ0) is 18.5. The summed E-state index contributed by atoms with van der Waals surface area (Å²) in [5.41, 5.74) is 1.95. The molecule has 0 atom stereocenters. The number of methoxy groups -OCH3 is 2. The van der Waals surface area contributed by atoms with Crippen LogP contribution >= 0.6 is 11.3 Å². The van der Waals surface area contributed by atoms with Crippen molar-refractivity contribution in [2.24, 2.45) is 0 Å². The maximum absolute atomic E-state index is 12.5. The van der Waals surface area contributed by atoms with E-state index in [1.54, 1.807) is 30.5 Å². The van der Waals surface area contributed by atoms with E-state index in [0.29, 0.717) is 19.4 Å². The number of hydrogen-bond acceptors (Lipinski definition) is 5. The maximum atomic E-state index is 12.5. The normalized spacial score (nSPS) is 10.7. The number of carbonyl (C=O) groups excluding carboxylic acids is 1. The van der Waals surface area contributed by atoms with Gasteiger partial charge in [-0.15, -0.1) is 11.3 Å². The molecule has 0 aliphatic rings. The summed E-state index contributed by atoms with van der Waals surface area (Å²) in [7, 11) is 5.08. The molecule has 0 aliphatic carbocycles. The van der Waals surface area contributed by atoms with Crippen LogP contribution in [0.3, 0.4) is 0 Å². The average molecular weight is 370 g/mol. The second kappa shape index (κ2) is 8.19. The Labute approximate surface area is 157 Å². The summed E-state index contributed by atoms with van der Waals surface area (Å²) in [4.78, 5) is 18.8. The lowest BCUT2D eigenvalue weighted by atomic mass is 10.1. The first kappa shape index (κ1) is 18.2. The van der Waals surface area contributed by atoms with Crippen LogP contribution in [0.2, 0.25) is 0 Å². The van der Waals surface area contributed by atoms with Crippen LogP contribution in [0.15, 0.2) is 42.5 Å². The standard InChI is InChI=1S/C20H22N2O3S/c1-22(13-19-21-16-6-4-5-7-18(16)26-19)20(23)11-8-14-12-15(24-2)9-10-17(14)25-3/h4-7,9-10,12H,8,11,13H2,1-3H3. The largest absolute Gasteiger partial charge is 0.497 e. The Bertz CT molecular complexity index is 874. The van der Waals surface area contributed by atoms with Crippen LogP contribution < -0.4 is 9.47 Å². The van der Waals surface area contributed by atoms with Gasteiger partial charge in [0.2, 0.25) is 5.91 Å². The Kier molecular flexibility index (Phi) is 5.73. The lowest BCUT2D eigenvalue weighted by Gasteiger charge is -2.16. The minimum absolute atomic E-state index is 0.0779. The molecule has 5 nitrogen and oxygen atoms in total. The van der Waals surface area contributed by atoms with Gasteiger partial charge in [0, 0.05) is 13.5 Å². The van der Waals surface area contributed by atoms with Gasteiger partial charge < -0.3 is 14.4 Å². The molecule has 1 aromatic heterocycles. The highest BCUT2D eigenvalue weighted by atomic mass is 32.1. The van der Waals surface area contributed by atoms with Crippen molar-refractivity contribution in [2.45, 2.75) is 19.4 Å². The van der Waals surface area contributed by atoms with Crippen LogP contribution in [0.5, 0.6) is 11.5 Å². The van der Waals surface area contributed by atoms with E-state index in [9.17, 15) is 4.79 Å². The quantitative estimate of drug-likeness (QED) is 0.633. The number of hydrogen-bond donors (Lipinski definition) is 0. The van der Waals surface area contributed by atoms with E-state index >= 15 is 0 Å². The molecule has 0 fully saturated rings. The number of rotatable bonds is 7. The van der Waals surface area contributed by atoms with Crippen molar-refractivity contribution in [3.63, 3.8) is 0 Å². The van der Waals surface area contributed by atoms with Crippen molar-refractivity contribution in [1.82, 2.24) is 9.88 Å². The Morgan fingerprint density at radius 2 is 1.96 bits per heavy atom. The molecule has 136 valence electrons. The lowest BCUT2D eigenvalue weighted by Crippen LogP contribution is -2.26. The fourth-order valence-electron chi connectivity index (χ4n) is 2.79. The third kappa shape index (κ3) is 4.14. The minimum Gasteiger partial charge on any atom is -0.497 e. The van der Waals surface area contributed by atoms with E-state index in [1.165, 1.54) is 0 Å². The predicted octanol–water partition coefficient (Wildman–Crippen LogP) is 3.90. The zero-order valence-electron chi connectivity index (χ0n) is 15.2. The van der Waals surface area contributed by atoms with Gasteiger partial charge in [-0.2, -0.15) is 0 Å². The number of aromatic nitrogens is 1. The monoisotopic (exact) mass is 370 g/mol. The van der Waals surface area contributed by atoms with Gasteiger partial charge in [-0.3, -0.25) is 4.79 Å². The van der Waals surface area contributed by atoms with Gasteiger partial charge in [-0.25, -0.2) is 4.98 Å². The van der Waals surface area contributed by atoms with Gasteiger partial charge in [-0.05, 0) is 42.3 Å². The van der Waals surface area contributed by atoms with Crippen molar-refractivity contribution >= 4 is 27.5 Å². The Morgan fingerprint density at radius 3 is 2.69 bits per heavy atom. The molecular weight excluding hydrogens is 348 g/mol. The number of thiazole rings is 1. The summed E-state index contributed by atoms with van der Waals surface area (Å²) < 4.78 is 11.8. The molecule has 1 heterocycles. The van der Waals surface area contributed by atoms with E-state index in [1.807, 2.05) is 49.5 Å². The van der Waals surface area contributed by atoms with Crippen LogP contribution in [-0.4, -0.2) is 37.1 Å². The van der Waals surface area contributed by atoms with E-state index < -0.39 is 0 Å². The van der Waals surface area contributed by atoms with Gasteiger partial charge in [0.1, 0.15) is 16.5 Å². The third-order valence-electron chi connectivity index (χ3n) is 4.23. The SMILES string of the molecule is COc1ccc(OC)c(CCC(=O)N(C)Cc2nc3ccccc3s2)c1. The summed E-state index contributed by atoms with van der Waals surface area (Å²) in [6, 6.07) is 13.6. The third-order valence-corrected chi connectivity index (χ3v) is 5.25. The Hall–Kier alpha value is -2.60. The fraction of sp³-hybridized carbons (Fsp3) is 0.300. The number of amides is 1. The highest BCUT2D eigenvalue weighted by Gasteiger charge is 2.14. The van der Waals surface area contributed by atoms with Crippen molar-refractivity contribution in [3.05, 3.63) is 53.0 Å². The molecule has 0 radical (unpaired) electrons. The summed E-state index contributed by atoms with van der Waals surface area (Å²) in [6.07, 6.45) is 1.01. The second-order valence-electron chi connectivity index (χ2n) is 6.00. The topological polar surface area (TPSA) is 51.7 Å². The molecule has 3 rings (SSSR count). The predicted molar refractivity (Wildman–Crippen MR) is 104 cm³/mol. The number of benzene rings is 2. The minimum atomic E-state index is 0.0779. The molecule has 0 N–H and O–H groups in total. The molecule has 1 amide bonds. The molecule has 0 saturated heterocycles. The summed E-state index contributed by atoms with van der Waals surface area (Å²) >= 11 is 1.63. The molecule has 6 heteroatoms. The lowest BCUT2D eigenvalue weighted by molar-refractivity contribution is -0.130. The molecule has 26 heavy (non-hydrogen) atoms. The van der Waals surface area contributed by atoms with Crippen molar-refractivity contribution in [1.29, 1.82) is 0 Å².